The van der Waals surface area contributed by atoms with Crippen LogP contribution in [0.15, 0.2) is 11.4 Å². The first-order valence-electron chi connectivity index (χ1n) is 2.80. The topological polar surface area (TPSA) is 84.3 Å². The maximum absolute atomic E-state index is 10.5. The smallest absolute Gasteiger partial charge is 0.281 e. The minimum atomic E-state index is -4.42. The van der Waals surface area contributed by atoms with E-state index in [1.807, 2.05) is 0 Å². The van der Waals surface area contributed by atoms with Gasteiger partial charge < -0.3 is 0 Å². The highest BCUT2D eigenvalue weighted by atomic mass is 32.2. The van der Waals surface area contributed by atoms with E-state index < -0.39 is 15.4 Å². The van der Waals surface area contributed by atoms with Gasteiger partial charge in [-0.05, 0) is 17.6 Å². The van der Waals surface area contributed by atoms with Gasteiger partial charge in [0.25, 0.3) is 10.1 Å². The van der Waals surface area contributed by atoms with Gasteiger partial charge in [0.1, 0.15) is 0 Å². The van der Waals surface area contributed by atoms with Gasteiger partial charge in [-0.1, -0.05) is 0 Å². The van der Waals surface area contributed by atoms with Crippen LogP contribution in [0.2, 0.25) is 0 Å². The van der Waals surface area contributed by atoms with Gasteiger partial charge in [-0.25, -0.2) is 0 Å². The lowest BCUT2D eigenvalue weighted by atomic mass is 10.3. The van der Waals surface area contributed by atoms with Crippen molar-refractivity contribution in [1.29, 1.82) is 0 Å². The number of rotatable bonds is 3. The van der Waals surface area contributed by atoms with Gasteiger partial charge >= 0.3 is 0 Å². The summed E-state index contributed by atoms with van der Waals surface area (Å²) < 4.78 is 33.2. The predicted octanol–water partition coefficient (Wildman–Crippen LogP) is 0.182. The van der Waals surface area contributed by atoms with Crippen LogP contribution in [-0.4, -0.2) is 23.6 Å². The average molecular weight is 206 g/mol. The summed E-state index contributed by atoms with van der Waals surface area (Å²) in [6.45, 7) is 0. The second kappa shape index (κ2) is 3.30. The minimum Gasteiger partial charge on any atom is -0.289 e. The molecule has 1 rings (SSSR count). The van der Waals surface area contributed by atoms with Crippen molar-refractivity contribution in [2.75, 3.05) is 0 Å². The monoisotopic (exact) mass is 206 g/mol. The van der Waals surface area contributed by atoms with Crippen molar-refractivity contribution >= 4 is 27.9 Å². The molecule has 0 amide bonds. The Hall–Kier alpha value is -0.790. The van der Waals surface area contributed by atoms with Crippen LogP contribution in [0.25, 0.3) is 0 Å². The molecule has 0 aliphatic rings. The summed E-state index contributed by atoms with van der Waals surface area (Å²) >= 11 is 0.995. The molecular formula is C5H4NO4S2. The van der Waals surface area contributed by atoms with Gasteiger partial charge in [-0.3, -0.25) is 9.35 Å². The molecule has 0 aliphatic heterocycles. The number of hydrogen-bond acceptors (Lipinski definition) is 5. The van der Waals surface area contributed by atoms with Gasteiger partial charge in [-0.2, -0.15) is 12.8 Å². The fourth-order valence-electron chi connectivity index (χ4n) is 0.631. The summed E-state index contributed by atoms with van der Waals surface area (Å²) in [5, 5.41) is -0.172. The van der Waals surface area contributed by atoms with Crippen LogP contribution >= 0.6 is 11.5 Å². The third-order valence-corrected chi connectivity index (χ3v) is 2.64. The van der Waals surface area contributed by atoms with Gasteiger partial charge in [-0.15, -0.1) is 0 Å². The summed E-state index contributed by atoms with van der Waals surface area (Å²) in [5.41, 5.74) is -0.00231. The van der Waals surface area contributed by atoms with Crippen molar-refractivity contribution < 1.29 is 17.8 Å². The zero-order chi connectivity index (χ0) is 9.19. The van der Waals surface area contributed by atoms with Crippen LogP contribution in [0.1, 0.15) is 10.9 Å². The Morgan fingerprint density at radius 2 is 2.33 bits per heavy atom. The average Bonchev–Trinajstić information content (AvgIpc) is 2.38. The number of carbonyl (C=O) groups excluding carboxylic acids is 1. The predicted molar refractivity (Wildman–Crippen MR) is 42.1 cm³/mol. The van der Waals surface area contributed by atoms with Gasteiger partial charge in [0.15, 0.2) is 5.25 Å². The Balaban J connectivity index is 3.08. The van der Waals surface area contributed by atoms with Gasteiger partial charge in [0.2, 0.25) is 6.29 Å². The zero-order valence-corrected chi connectivity index (χ0v) is 7.30. The molecule has 0 spiro atoms. The number of hydrogen-bond donors (Lipinski definition) is 1. The highest BCUT2D eigenvalue weighted by Crippen LogP contribution is 2.17. The van der Waals surface area contributed by atoms with Crippen molar-refractivity contribution in [3.63, 3.8) is 0 Å². The summed E-state index contributed by atoms with van der Waals surface area (Å²) in [4.78, 5) is 10.2. The summed E-state index contributed by atoms with van der Waals surface area (Å²) in [7, 11) is -4.42. The van der Waals surface area contributed by atoms with Crippen molar-refractivity contribution in [2.45, 2.75) is 5.25 Å². The molecule has 1 aromatic rings. The molecule has 0 aliphatic carbocycles. The number of aromatic nitrogens is 1. The lowest BCUT2D eigenvalue weighted by Crippen LogP contribution is -2.13. The fourth-order valence-corrected chi connectivity index (χ4v) is 1.80. The molecule has 1 N–H and O–H groups in total. The van der Waals surface area contributed by atoms with E-state index in [1.54, 1.807) is 0 Å². The molecule has 1 unspecified atom stereocenters. The van der Waals surface area contributed by atoms with Crippen molar-refractivity contribution in [1.82, 2.24) is 4.37 Å². The Kier molecular flexibility index (Phi) is 2.55. The lowest BCUT2D eigenvalue weighted by Gasteiger charge is -1.99. The third kappa shape index (κ3) is 1.87. The van der Waals surface area contributed by atoms with Gasteiger partial charge in [0.05, 0.1) is 5.69 Å². The van der Waals surface area contributed by atoms with Crippen molar-refractivity contribution in [3.8, 4) is 0 Å². The molecule has 1 heterocycles. The first-order valence-corrected chi connectivity index (χ1v) is 5.14. The second-order valence-electron chi connectivity index (χ2n) is 1.94. The van der Waals surface area contributed by atoms with E-state index >= 15 is 0 Å². The van der Waals surface area contributed by atoms with Crippen LogP contribution in [0.4, 0.5) is 0 Å². The Labute approximate surface area is 73.0 Å². The molecule has 0 saturated heterocycles. The Morgan fingerprint density at radius 3 is 2.67 bits per heavy atom. The van der Waals surface area contributed by atoms with Crippen LogP contribution in [-0.2, 0) is 14.9 Å². The van der Waals surface area contributed by atoms with Crippen LogP contribution < -0.4 is 0 Å². The number of nitrogens with zero attached hydrogens (tertiary/aromatic N) is 1. The van der Waals surface area contributed by atoms with Crippen molar-refractivity contribution in [3.05, 3.63) is 17.1 Å². The minimum absolute atomic E-state index is 0.00231. The zero-order valence-electron chi connectivity index (χ0n) is 5.67. The summed E-state index contributed by atoms with van der Waals surface area (Å²) in [6.07, 6.45) is 1.20. The highest BCUT2D eigenvalue weighted by molar-refractivity contribution is 7.86. The first kappa shape index (κ1) is 9.30. The summed E-state index contributed by atoms with van der Waals surface area (Å²) in [5.74, 6) is 0. The molecule has 0 saturated carbocycles. The molecule has 12 heavy (non-hydrogen) atoms. The van der Waals surface area contributed by atoms with E-state index in [9.17, 15) is 13.2 Å². The Morgan fingerprint density at radius 1 is 1.67 bits per heavy atom. The first-order chi connectivity index (χ1) is 5.55. The third-order valence-electron chi connectivity index (χ3n) is 1.13. The maximum atomic E-state index is 10.5. The Bertz CT molecular complexity index is 355. The molecular weight excluding hydrogens is 202 g/mol. The van der Waals surface area contributed by atoms with Crippen LogP contribution in [0.3, 0.4) is 0 Å². The molecule has 1 atom stereocenters. The quantitative estimate of drug-likeness (QED) is 0.713. The van der Waals surface area contributed by atoms with E-state index in [1.165, 1.54) is 17.7 Å². The molecule has 1 aromatic heterocycles. The second-order valence-corrected chi connectivity index (χ2v) is 4.10. The van der Waals surface area contributed by atoms with Crippen LogP contribution in [0.5, 0.6) is 0 Å². The molecule has 0 aromatic carbocycles. The standard InChI is InChI=1S/C5H4NO4S2/c7-3-5(12(8,9)10)4-1-2-11-6-4/h1-2,5H,(H,8,9,10). The molecule has 0 fully saturated rings. The van der Waals surface area contributed by atoms with Crippen molar-refractivity contribution in [2.24, 2.45) is 0 Å². The molecule has 7 heteroatoms. The van der Waals surface area contributed by atoms with E-state index in [0.29, 0.717) is 0 Å². The van der Waals surface area contributed by atoms with Crippen LogP contribution in [0, 0.1) is 0 Å². The lowest BCUT2D eigenvalue weighted by molar-refractivity contribution is 0.473. The molecule has 5 nitrogen and oxygen atoms in total. The molecule has 0 bridgehead atoms. The van der Waals surface area contributed by atoms with E-state index in [4.69, 9.17) is 4.55 Å². The summed E-state index contributed by atoms with van der Waals surface area (Å²) in [6, 6.07) is 1.34. The fraction of sp³-hybridized carbons (Fsp3) is 0.200. The largest absolute Gasteiger partial charge is 0.289 e. The SMILES string of the molecule is O=[C]C(c1ccsn1)S(=O)(=O)O. The van der Waals surface area contributed by atoms with E-state index in [2.05, 4.69) is 4.37 Å². The van der Waals surface area contributed by atoms with E-state index in [-0.39, 0.29) is 5.69 Å². The maximum Gasteiger partial charge on any atom is 0.281 e. The van der Waals surface area contributed by atoms with Gasteiger partial charge in [0, 0.05) is 5.38 Å². The highest BCUT2D eigenvalue weighted by Gasteiger charge is 2.27. The normalized spacial score (nSPS) is 14.1. The van der Waals surface area contributed by atoms with E-state index in [0.717, 1.165) is 11.5 Å². The molecule has 1 radical (unpaired) electrons. The molecule has 65 valence electrons.